The molecular formula is C20H17NO5. The quantitative estimate of drug-likeness (QED) is 0.557. The van der Waals surface area contributed by atoms with Gasteiger partial charge in [0.05, 0.1) is 26.0 Å². The molecule has 26 heavy (non-hydrogen) atoms. The predicted molar refractivity (Wildman–Crippen MR) is 97.4 cm³/mol. The van der Waals surface area contributed by atoms with Gasteiger partial charge in [-0.05, 0) is 12.1 Å². The minimum Gasteiger partial charge on any atom is -0.466 e. The number of methoxy groups -OCH3 is 2. The van der Waals surface area contributed by atoms with E-state index in [1.807, 2.05) is 48.5 Å². The number of hydrogen-bond donors (Lipinski definition) is 1. The molecule has 0 radical (unpaired) electrons. The first-order valence-corrected chi connectivity index (χ1v) is 7.85. The third-order valence-corrected chi connectivity index (χ3v) is 3.74. The number of para-hydroxylation sites is 1. The van der Waals surface area contributed by atoms with Crippen molar-refractivity contribution >= 4 is 28.6 Å². The van der Waals surface area contributed by atoms with Crippen LogP contribution in [0.4, 0.5) is 5.69 Å². The molecule has 3 aromatic rings. The number of nitrogens with one attached hydrogen (secondary N) is 1. The fourth-order valence-electron chi connectivity index (χ4n) is 2.48. The standard InChI is InChI=1S/C20H17NO5/c1-24-18(22)12-16(20(23)25-2)21-15-10-6-9-14-11-17(26-19(14)15)13-7-4-3-5-8-13/h3-12,21H,1-2H3/b16-12+. The van der Waals surface area contributed by atoms with Gasteiger partial charge in [-0.15, -0.1) is 0 Å². The van der Waals surface area contributed by atoms with Crippen molar-refractivity contribution in [2.75, 3.05) is 19.5 Å². The number of rotatable bonds is 5. The van der Waals surface area contributed by atoms with E-state index in [9.17, 15) is 9.59 Å². The summed E-state index contributed by atoms with van der Waals surface area (Å²) in [5.74, 6) is -0.664. The number of hydrogen-bond acceptors (Lipinski definition) is 6. The highest BCUT2D eigenvalue weighted by Crippen LogP contribution is 2.32. The molecule has 0 bridgehead atoms. The van der Waals surface area contributed by atoms with Gasteiger partial charge < -0.3 is 19.2 Å². The average Bonchev–Trinajstić information content (AvgIpc) is 3.12. The second-order valence-electron chi connectivity index (χ2n) is 5.40. The smallest absolute Gasteiger partial charge is 0.354 e. The molecule has 0 unspecified atom stereocenters. The Morgan fingerprint density at radius 3 is 2.46 bits per heavy atom. The molecule has 0 aliphatic heterocycles. The summed E-state index contributed by atoms with van der Waals surface area (Å²) >= 11 is 0. The number of anilines is 1. The SMILES string of the molecule is COC(=O)/C=C(/Nc1cccc2cc(-c3ccccc3)oc12)C(=O)OC. The van der Waals surface area contributed by atoms with Gasteiger partial charge in [-0.3, -0.25) is 0 Å². The normalized spacial score (nSPS) is 11.2. The van der Waals surface area contributed by atoms with Gasteiger partial charge in [0, 0.05) is 10.9 Å². The number of ether oxygens (including phenoxy) is 2. The Kier molecular flexibility index (Phi) is 5.03. The van der Waals surface area contributed by atoms with Gasteiger partial charge in [0.15, 0.2) is 5.58 Å². The minimum absolute atomic E-state index is 0.0514. The fourth-order valence-corrected chi connectivity index (χ4v) is 2.48. The summed E-state index contributed by atoms with van der Waals surface area (Å²) in [6.45, 7) is 0. The van der Waals surface area contributed by atoms with Crippen LogP contribution in [0.2, 0.25) is 0 Å². The highest BCUT2D eigenvalue weighted by Gasteiger charge is 2.16. The minimum atomic E-state index is -0.692. The van der Waals surface area contributed by atoms with E-state index in [1.165, 1.54) is 14.2 Å². The maximum atomic E-state index is 11.9. The van der Waals surface area contributed by atoms with E-state index in [2.05, 4.69) is 10.1 Å². The summed E-state index contributed by atoms with van der Waals surface area (Å²) in [4.78, 5) is 23.5. The van der Waals surface area contributed by atoms with Crippen molar-refractivity contribution in [2.24, 2.45) is 0 Å². The van der Waals surface area contributed by atoms with Gasteiger partial charge in [0.1, 0.15) is 11.5 Å². The van der Waals surface area contributed by atoms with E-state index in [-0.39, 0.29) is 5.70 Å². The van der Waals surface area contributed by atoms with Crippen LogP contribution in [0.25, 0.3) is 22.3 Å². The van der Waals surface area contributed by atoms with E-state index < -0.39 is 11.9 Å². The summed E-state index contributed by atoms with van der Waals surface area (Å²) in [7, 11) is 2.46. The molecule has 1 heterocycles. The molecule has 6 heteroatoms. The molecule has 2 aromatic carbocycles. The second-order valence-corrected chi connectivity index (χ2v) is 5.40. The molecule has 1 N–H and O–H groups in total. The third kappa shape index (κ3) is 3.59. The van der Waals surface area contributed by atoms with Crippen LogP contribution in [0.5, 0.6) is 0 Å². The van der Waals surface area contributed by atoms with E-state index in [4.69, 9.17) is 9.15 Å². The Bertz CT molecular complexity index is 972. The molecule has 0 atom stereocenters. The number of benzene rings is 2. The molecule has 6 nitrogen and oxygen atoms in total. The van der Waals surface area contributed by atoms with E-state index >= 15 is 0 Å². The largest absolute Gasteiger partial charge is 0.466 e. The van der Waals surface area contributed by atoms with E-state index in [1.54, 1.807) is 6.07 Å². The molecule has 0 saturated heterocycles. The topological polar surface area (TPSA) is 77.8 Å². The van der Waals surface area contributed by atoms with Crippen molar-refractivity contribution in [1.82, 2.24) is 0 Å². The number of carbonyl (C=O) groups excluding carboxylic acids is 2. The lowest BCUT2D eigenvalue weighted by atomic mass is 10.1. The Morgan fingerprint density at radius 2 is 1.77 bits per heavy atom. The van der Waals surface area contributed by atoms with Crippen molar-refractivity contribution in [3.8, 4) is 11.3 Å². The van der Waals surface area contributed by atoms with Gasteiger partial charge in [-0.1, -0.05) is 42.5 Å². The monoisotopic (exact) mass is 351 g/mol. The lowest BCUT2D eigenvalue weighted by Crippen LogP contribution is -2.15. The molecule has 132 valence electrons. The van der Waals surface area contributed by atoms with E-state index in [0.717, 1.165) is 17.0 Å². The number of fused-ring (bicyclic) bond motifs is 1. The zero-order valence-corrected chi connectivity index (χ0v) is 14.3. The zero-order chi connectivity index (χ0) is 18.5. The molecule has 3 rings (SSSR count). The predicted octanol–water partition coefficient (Wildman–Crippen LogP) is 3.74. The Labute approximate surface area is 150 Å². The molecule has 0 amide bonds. The van der Waals surface area contributed by atoms with Crippen molar-refractivity contribution in [2.45, 2.75) is 0 Å². The van der Waals surface area contributed by atoms with Crippen LogP contribution in [-0.2, 0) is 19.1 Å². The van der Waals surface area contributed by atoms with Gasteiger partial charge >= 0.3 is 11.9 Å². The van der Waals surface area contributed by atoms with Crippen molar-refractivity contribution in [3.63, 3.8) is 0 Å². The van der Waals surface area contributed by atoms with Crippen molar-refractivity contribution in [3.05, 3.63) is 66.4 Å². The van der Waals surface area contributed by atoms with Gasteiger partial charge in [-0.25, -0.2) is 9.59 Å². The molecule has 0 aliphatic carbocycles. The van der Waals surface area contributed by atoms with Crippen LogP contribution in [-0.4, -0.2) is 26.2 Å². The maximum Gasteiger partial charge on any atom is 0.354 e. The van der Waals surface area contributed by atoms with Crippen LogP contribution < -0.4 is 5.32 Å². The van der Waals surface area contributed by atoms with Crippen LogP contribution in [0.3, 0.4) is 0 Å². The van der Waals surface area contributed by atoms with Gasteiger partial charge in [0.2, 0.25) is 0 Å². The van der Waals surface area contributed by atoms with Crippen molar-refractivity contribution < 1.29 is 23.5 Å². The second kappa shape index (κ2) is 7.57. The summed E-state index contributed by atoms with van der Waals surface area (Å²) < 4.78 is 15.3. The van der Waals surface area contributed by atoms with Crippen LogP contribution in [0.1, 0.15) is 0 Å². The maximum absolute atomic E-state index is 11.9. The number of esters is 2. The van der Waals surface area contributed by atoms with Gasteiger partial charge in [0.25, 0.3) is 0 Å². The Balaban J connectivity index is 2.02. The molecule has 0 saturated carbocycles. The Hall–Kier alpha value is -3.54. The van der Waals surface area contributed by atoms with Crippen molar-refractivity contribution in [1.29, 1.82) is 0 Å². The highest BCUT2D eigenvalue weighted by atomic mass is 16.5. The molecule has 0 aliphatic rings. The first-order valence-electron chi connectivity index (χ1n) is 7.85. The lowest BCUT2D eigenvalue weighted by molar-refractivity contribution is -0.138. The van der Waals surface area contributed by atoms with Gasteiger partial charge in [-0.2, -0.15) is 0 Å². The fraction of sp³-hybridized carbons (Fsp3) is 0.100. The highest BCUT2D eigenvalue weighted by molar-refractivity contribution is 6.01. The van der Waals surface area contributed by atoms with Crippen LogP contribution in [0, 0.1) is 0 Å². The summed E-state index contributed by atoms with van der Waals surface area (Å²) in [5, 5.41) is 3.75. The summed E-state index contributed by atoms with van der Waals surface area (Å²) in [6.07, 6.45) is 1.03. The summed E-state index contributed by atoms with van der Waals surface area (Å²) in [6, 6.07) is 17.1. The molecule has 0 spiro atoms. The average molecular weight is 351 g/mol. The number of carbonyl (C=O) groups is 2. The first-order chi connectivity index (χ1) is 12.6. The van der Waals surface area contributed by atoms with Crippen LogP contribution in [0.15, 0.2) is 70.8 Å². The summed E-state index contributed by atoms with van der Waals surface area (Å²) in [5.41, 5.74) is 1.98. The van der Waals surface area contributed by atoms with Crippen LogP contribution >= 0.6 is 0 Å². The first kappa shape index (κ1) is 17.3. The zero-order valence-electron chi connectivity index (χ0n) is 14.3. The lowest BCUT2D eigenvalue weighted by Gasteiger charge is -2.09. The molecular weight excluding hydrogens is 334 g/mol. The molecule has 1 aromatic heterocycles. The number of furan rings is 1. The third-order valence-electron chi connectivity index (χ3n) is 3.74. The Morgan fingerprint density at radius 1 is 1.00 bits per heavy atom. The molecule has 0 fully saturated rings. The van der Waals surface area contributed by atoms with E-state index in [0.29, 0.717) is 17.0 Å².